The second-order valence-corrected chi connectivity index (χ2v) is 6.26. The molecule has 5 nitrogen and oxygen atoms in total. The molecule has 1 aromatic carbocycles. The Kier molecular flexibility index (Phi) is 7.59. The number of hydrogen-bond donors (Lipinski definition) is 1. The number of benzene rings is 1. The van der Waals surface area contributed by atoms with Crippen LogP contribution in [-0.2, 0) is 9.59 Å². The molecule has 2 rings (SSSR count). The topological polar surface area (TPSA) is 52.7 Å². The van der Waals surface area contributed by atoms with Crippen LogP contribution in [0.3, 0.4) is 0 Å². The summed E-state index contributed by atoms with van der Waals surface area (Å²) in [6.45, 7) is 5.97. The summed E-state index contributed by atoms with van der Waals surface area (Å²) in [5, 5.41) is 2.89. The van der Waals surface area contributed by atoms with E-state index in [1.165, 1.54) is 5.69 Å². The summed E-state index contributed by atoms with van der Waals surface area (Å²) in [6, 6.07) is 10.3. The van der Waals surface area contributed by atoms with Gasteiger partial charge in [-0.25, -0.2) is 0 Å². The molecule has 1 N–H and O–H groups in total. The quantitative estimate of drug-likeness (QED) is 0.744. The molecule has 1 aliphatic heterocycles. The highest BCUT2D eigenvalue weighted by Gasteiger charge is 2.20. The molecule has 0 aliphatic carbocycles. The second-order valence-electron chi connectivity index (χ2n) is 6.26. The Morgan fingerprint density at radius 3 is 2.38 bits per heavy atom. The highest BCUT2D eigenvalue weighted by molar-refractivity contribution is 5.77. The fourth-order valence-electron chi connectivity index (χ4n) is 2.90. The lowest BCUT2D eigenvalue weighted by Gasteiger charge is -2.36. The minimum atomic E-state index is 0.0979. The summed E-state index contributed by atoms with van der Waals surface area (Å²) >= 11 is 0. The Bertz CT molecular complexity index is 511. The standard InChI is InChI=1S/C19H29N3O2/c1-2-3-10-18(23)20-12-7-11-19(24)22-15-13-21(14-16-22)17-8-5-4-6-9-17/h4-6,8-9H,2-3,7,10-16H2,1H3,(H,20,23). The minimum Gasteiger partial charge on any atom is -0.368 e. The van der Waals surface area contributed by atoms with Crippen molar-refractivity contribution in [2.75, 3.05) is 37.6 Å². The first-order chi connectivity index (χ1) is 11.7. The van der Waals surface area contributed by atoms with Crippen molar-refractivity contribution in [1.29, 1.82) is 0 Å². The van der Waals surface area contributed by atoms with Crippen LogP contribution in [0.4, 0.5) is 5.69 Å². The fourth-order valence-corrected chi connectivity index (χ4v) is 2.90. The molecule has 1 heterocycles. The number of nitrogens with one attached hydrogen (secondary N) is 1. The molecule has 0 atom stereocenters. The molecular formula is C19H29N3O2. The van der Waals surface area contributed by atoms with Crippen molar-refractivity contribution in [3.63, 3.8) is 0 Å². The van der Waals surface area contributed by atoms with Crippen molar-refractivity contribution in [2.24, 2.45) is 0 Å². The number of carbonyl (C=O) groups is 2. The lowest BCUT2D eigenvalue weighted by atomic mass is 10.2. The molecule has 0 unspecified atom stereocenters. The van der Waals surface area contributed by atoms with E-state index >= 15 is 0 Å². The SMILES string of the molecule is CCCCC(=O)NCCCC(=O)N1CCN(c2ccccc2)CC1. The maximum Gasteiger partial charge on any atom is 0.222 e. The van der Waals surface area contributed by atoms with Gasteiger partial charge >= 0.3 is 0 Å². The summed E-state index contributed by atoms with van der Waals surface area (Å²) < 4.78 is 0. The highest BCUT2D eigenvalue weighted by Crippen LogP contribution is 2.16. The number of rotatable bonds is 8. The average Bonchev–Trinajstić information content (AvgIpc) is 2.64. The van der Waals surface area contributed by atoms with Crippen LogP contribution in [0, 0.1) is 0 Å². The molecule has 1 aliphatic rings. The van der Waals surface area contributed by atoms with Crippen LogP contribution in [0.25, 0.3) is 0 Å². The zero-order chi connectivity index (χ0) is 17.2. The first-order valence-electron chi connectivity index (χ1n) is 9.05. The van der Waals surface area contributed by atoms with E-state index in [0.717, 1.165) is 45.4 Å². The predicted molar refractivity (Wildman–Crippen MR) is 97.0 cm³/mol. The molecule has 0 spiro atoms. The molecule has 24 heavy (non-hydrogen) atoms. The van der Waals surface area contributed by atoms with Crippen LogP contribution in [0.15, 0.2) is 30.3 Å². The molecule has 1 aromatic rings. The van der Waals surface area contributed by atoms with E-state index in [4.69, 9.17) is 0 Å². The van der Waals surface area contributed by atoms with Gasteiger partial charge in [-0.1, -0.05) is 31.5 Å². The van der Waals surface area contributed by atoms with Crippen molar-refractivity contribution in [1.82, 2.24) is 10.2 Å². The first-order valence-corrected chi connectivity index (χ1v) is 9.05. The van der Waals surface area contributed by atoms with Crippen molar-refractivity contribution in [3.05, 3.63) is 30.3 Å². The average molecular weight is 331 g/mol. The molecule has 1 fully saturated rings. The van der Waals surface area contributed by atoms with Gasteiger partial charge in [0.25, 0.3) is 0 Å². The lowest BCUT2D eigenvalue weighted by molar-refractivity contribution is -0.131. The maximum atomic E-state index is 12.3. The summed E-state index contributed by atoms with van der Waals surface area (Å²) in [6.07, 6.45) is 3.78. The number of carbonyl (C=O) groups excluding carboxylic acids is 2. The predicted octanol–water partition coefficient (Wildman–Crippen LogP) is 2.42. The molecule has 0 aromatic heterocycles. The molecule has 1 saturated heterocycles. The molecule has 5 heteroatoms. The van der Waals surface area contributed by atoms with Crippen LogP contribution in [0.2, 0.25) is 0 Å². The van der Waals surface area contributed by atoms with E-state index in [2.05, 4.69) is 29.3 Å². The second kappa shape index (κ2) is 9.96. The molecule has 0 radical (unpaired) electrons. The maximum absolute atomic E-state index is 12.3. The Labute approximate surface area is 145 Å². The monoisotopic (exact) mass is 331 g/mol. The summed E-state index contributed by atoms with van der Waals surface area (Å²) in [5.74, 6) is 0.297. The van der Waals surface area contributed by atoms with Crippen molar-refractivity contribution < 1.29 is 9.59 Å². The van der Waals surface area contributed by atoms with Gasteiger partial charge in [-0.2, -0.15) is 0 Å². The van der Waals surface area contributed by atoms with Gasteiger partial charge in [-0.05, 0) is 25.0 Å². The zero-order valence-corrected chi connectivity index (χ0v) is 14.7. The number of unbranched alkanes of at least 4 members (excludes halogenated alkanes) is 1. The van der Waals surface area contributed by atoms with Gasteiger partial charge in [0.1, 0.15) is 0 Å². The third-order valence-corrected chi connectivity index (χ3v) is 4.40. The van der Waals surface area contributed by atoms with Gasteiger partial charge in [-0.3, -0.25) is 9.59 Å². The fraction of sp³-hybridized carbons (Fsp3) is 0.579. The number of nitrogens with zero attached hydrogens (tertiary/aromatic N) is 2. The summed E-state index contributed by atoms with van der Waals surface area (Å²) in [7, 11) is 0. The largest absolute Gasteiger partial charge is 0.368 e. The van der Waals surface area contributed by atoms with Gasteiger partial charge < -0.3 is 15.1 Å². The molecule has 2 amide bonds. The van der Waals surface area contributed by atoms with Crippen LogP contribution >= 0.6 is 0 Å². The third kappa shape index (κ3) is 5.87. The molecule has 132 valence electrons. The van der Waals surface area contributed by atoms with Gasteiger partial charge in [0.15, 0.2) is 0 Å². The van der Waals surface area contributed by atoms with Gasteiger partial charge in [0, 0.05) is 51.3 Å². The minimum absolute atomic E-state index is 0.0979. The van der Waals surface area contributed by atoms with Crippen LogP contribution in [0.5, 0.6) is 0 Å². The number of amides is 2. The molecular weight excluding hydrogens is 302 g/mol. The van der Waals surface area contributed by atoms with Crippen molar-refractivity contribution in [3.8, 4) is 0 Å². The van der Waals surface area contributed by atoms with Gasteiger partial charge in [0.05, 0.1) is 0 Å². The number of piperazine rings is 1. The van der Waals surface area contributed by atoms with Gasteiger partial charge in [0.2, 0.25) is 11.8 Å². The Morgan fingerprint density at radius 2 is 1.71 bits per heavy atom. The van der Waals surface area contributed by atoms with E-state index < -0.39 is 0 Å². The van der Waals surface area contributed by atoms with E-state index in [0.29, 0.717) is 19.4 Å². The van der Waals surface area contributed by atoms with Crippen LogP contribution in [-0.4, -0.2) is 49.4 Å². The Hall–Kier alpha value is -2.04. The first kappa shape index (κ1) is 18.3. The molecule has 0 bridgehead atoms. The Balaban J connectivity index is 1.62. The number of hydrogen-bond acceptors (Lipinski definition) is 3. The van der Waals surface area contributed by atoms with Gasteiger partial charge in [-0.15, -0.1) is 0 Å². The Morgan fingerprint density at radius 1 is 1.00 bits per heavy atom. The normalized spacial score (nSPS) is 14.5. The van der Waals surface area contributed by atoms with Crippen LogP contribution < -0.4 is 10.2 Å². The van der Waals surface area contributed by atoms with E-state index in [9.17, 15) is 9.59 Å². The highest BCUT2D eigenvalue weighted by atomic mass is 16.2. The van der Waals surface area contributed by atoms with E-state index in [1.54, 1.807) is 0 Å². The summed E-state index contributed by atoms with van der Waals surface area (Å²) in [5.41, 5.74) is 1.22. The van der Waals surface area contributed by atoms with Crippen molar-refractivity contribution >= 4 is 17.5 Å². The summed E-state index contributed by atoms with van der Waals surface area (Å²) in [4.78, 5) is 28.0. The zero-order valence-electron chi connectivity index (χ0n) is 14.7. The molecule has 0 saturated carbocycles. The van der Waals surface area contributed by atoms with E-state index in [1.807, 2.05) is 23.1 Å². The number of anilines is 1. The van der Waals surface area contributed by atoms with E-state index in [-0.39, 0.29) is 11.8 Å². The lowest BCUT2D eigenvalue weighted by Crippen LogP contribution is -2.48. The van der Waals surface area contributed by atoms with Crippen molar-refractivity contribution in [2.45, 2.75) is 39.0 Å². The smallest absolute Gasteiger partial charge is 0.222 e. The van der Waals surface area contributed by atoms with Crippen LogP contribution in [0.1, 0.15) is 39.0 Å². The number of para-hydroxylation sites is 1. The third-order valence-electron chi connectivity index (χ3n) is 4.40.